The number of likely N-dealkylation sites (tertiary alicyclic amines) is 2. The van der Waals surface area contributed by atoms with E-state index in [1.165, 1.54) is 0 Å². The van der Waals surface area contributed by atoms with Gasteiger partial charge >= 0.3 is 11.9 Å². The van der Waals surface area contributed by atoms with Crippen molar-refractivity contribution in [3.63, 3.8) is 0 Å². The number of hydrogen-bond donors (Lipinski definition) is 2. The highest BCUT2D eigenvalue weighted by molar-refractivity contribution is 6.04. The quantitative estimate of drug-likeness (QED) is 0.0966. The van der Waals surface area contributed by atoms with Gasteiger partial charge in [0.2, 0.25) is 17.7 Å². The number of aromatic nitrogens is 2. The van der Waals surface area contributed by atoms with Crippen LogP contribution in [-0.4, -0.2) is 85.8 Å². The van der Waals surface area contributed by atoms with Crippen LogP contribution in [0.2, 0.25) is 0 Å². The fourth-order valence-corrected chi connectivity index (χ4v) is 10.0. The molecule has 0 saturated carbocycles. The minimum absolute atomic E-state index is 0.0117. The Morgan fingerprint density at radius 2 is 1.23 bits per heavy atom. The van der Waals surface area contributed by atoms with E-state index >= 15 is 0 Å². The molecule has 2 saturated heterocycles. The molecule has 364 valence electrons. The Hall–Kier alpha value is -7.08. The van der Waals surface area contributed by atoms with Crippen LogP contribution in [0.3, 0.4) is 0 Å². The number of aromatic amines is 1. The summed E-state index contributed by atoms with van der Waals surface area (Å²) in [4.78, 5) is 80.2. The summed E-state index contributed by atoms with van der Waals surface area (Å²) in [7, 11) is 0. The molecule has 12 heteroatoms. The van der Waals surface area contributed by atoms with Crippen molar-refractivity contribution >= 4 is 46.3 Å². The van der Waals surface area contributed by atoms with Gasteiger partial charge in [-0.05, 0) is 144 Å². The summed E-state index contributed by atoms with van der Waals surface area (Å²) in [5.74, 6) is -2.83. The number of esters is 2. The first-order valence-corrected chi connectivity index (χ1v) is 24.6. The van der Waals surface area contributed by atoms with Gasteiger partial charge in [-0.3, -0.25) is 29.0 Å². The number of nitrogens with one attached hydrogen (secondary N) is 2. The lowest BCUT2D eigenvalue weighted by Gasteiger charge is -2.30. The molecule has 6 aromatic rings. The Balaban J connectivity index is 0.978. The number of carbonyl (C=O) groups is 5. The molecule has 0 aliphatic carbocycles. The first-order chi connectivity index (χ1) is 33.5. The van der Waals surface area contributed by atoms with Crippen LogP contribution in [0.5, 0.6) is 0 Å². The highest BCUT2D eigenvalue weighted by Gasteiger charge is 2.40. The highest BCUT2D eigenvalue weighted by Crippen LogP contribution is 2.40. The number of ether oxygens (including phenoxy) is 2. The number of benzene rings is 4. The van der Waals surface area contributed by atoms with Crippen molar-refractivity contribution in [3.05, 3.63) is 144 Å². The molecule has 0 spiro atoms. The van der Waals surface area contributed by atoms with Crippen LogP contribution in [0.1, 0.15) is 115 Å². The van der Waals surface area contributed by atoms with Crippen molar-refractivity contribution in [2.45, 2.75) is 128 Å². The van der Waals surface area contributed by atoms with Crippen molar-refractivity contribution in [3.8, 4) is 22.4 Å². The lowest BCUT2D eigenvalue weighted by molar-refractivity contribution is -0.157. The summed E-state index contributed by atoms with van der Waals surface area (Å²) in [6, 6.07) is 36.3. The fraction of sp³-hybridized carbons (Fsp3) is 0.379. The molecule has 2 fully saturated rings. The topological polar surface area (TPSA) is 151 Å². The van der Waals surface area contributed by atoms with Crippen molar-refractivity contribution in [2.24, 2.45) is 0 Å². The van der Waals surface area contributed by atoms with Gasteiger partial charge in [-0.15, -0.1) is 0 Å². The van der Waals surface area contributed by atoms with Gasteiger partial charge in [0, 0.05) is 53.7 Å². The predicted octanol–water partition coefficient (Wildman–Crippen LogP) is 10.8. The van der Waals surface area contributed by atoms with E-state index in [1.54, 1.807) is 38.1 Å². The summed E-state index contributed by atoms with van der Waals surface area (Å²) in [5, 5.41) is 4.13. The zero-order chi connectivity index (χ0) is 49.6. The maximum Gasteiger partial charge on any atom is 0.307 e. The maximum atomic E-state index is 14.3. The van der Waals surface area contributed by atoms with E-state index in [9.17, 15) is 24.0 Å². The molecule has 4 heterocycles. The minimum atomic E-state index is -0.782. The van der Waals surface area contributed by atoms with Crippen molar-refractivity contribution in [1.29, 1.82) is 0 Å². The van der Waals surface area contributed by atoms with E-state index in [4.69, 9.17) is 9.47 Å². The zero-order valence-corrected chi connectivity index (χ0v) is 41.2. The molecule has 3 amide bonds. The molecule has 70 heavy (non-hydrogen) atoms. The molecule has 8 rings (SSSR count). The summed E-state index contributed by atoms with van der Waals surface area (Å²) < 4.78 is 11.3. The molecule has 2 N–H and O–H groups in total. The molecular weight excluding hydrogens is 879 g/mol. The number of nitrogens with zero attached hydrogens (tertiary/aromatic N) is 3. The van der Waals surface area contributed by atoms with Gasteiger partial charge in [-0.2, -0.15) is 0 Å². The van der Waals surface area contributed by atoms with Gasteiger partial charge in [0.15, 0.2) is 0 Å². The molecule has 2 aliphatic heterocycles. The number of rotatable bonds is 15. The minimum Gasteiger partial charge on any atom is -0.460 e. The summed E-state index contributed by atoms with van der Waals surface area (Å²) in [6.07, 6.45) is 7.97. The molecule has 4 aromatic carbocycles. The van der Waals surface area contributed by atoms with Gasteiger partial charge in [-0.25, -0.2) is 0 Å². The third kappa shape index (κ3) is 12.0. The molecule has 2 aromatic heterocycles. The van der Waals surface area contributed by atoms with Gasteiger partial charge in [0.1, 0.15) is 17.2 Å². The summed E-state index contributed by atoms with van der Waals surface area (Å²) in [6.45, 7) is 12.0. The van der Waals surface area contributed by atoms with Gasteiger partial charge in [0.05, 0.1) is 30.4 Å². The lowest BCUT2D eigenvalue weighted by Crippen LogP contribution is -2.45. The highest BCUT2D eigenvalue weighted by atomic mass is 16.6. The number of carbonyl (C=O) groups excluding carboxylic acids is 5. The number of H-pyrrole nitrogens is 1. The van der Waals surface area contributed by atoms with Crippen LogP contribution in [0, 0.1) is 0 Å². The van der Waals surface area contributed by atoms with Gasteiger partial charge < -0.3 is 29.6 Å². The molecule has 2 aliphatic rings. The number of fused-ring (bicyclic) bond motifs is 1. The number of anilines is 1. The van der Waals surface area contributed by atoms with E-state index < -0.39 is 35.0 Å². The summed E-state index contributed by atoms with van der Waals surface area (Å²) in [5.41, 5.74) is 6.78. The van der Waals surface area contributed by atoms with Crippen LogP contribution in [-0.2, 0) is 39.9 Å². The van der Waals surface area contributed by atoms with Crippen LogP contribution >= 0.6 is 0 Å². The van der Waals surface area contributed by atoms with Crippen LogP contribution in [0.15, 0.2) is 128 Å². The van der Waals surface area contributed by atoms with Crippen molar-refractivity contribution in [1.82, 2.24) is 19.8 Å². The Kier molecular flexibility index (Phi) is 15.0. The predicted molar refractivity (Wildman–Crippen MR) is 273 cm³/mol. The van der Waals surface area contributed by atoms with Gasteiger partial charge in [-0.1, -0.05) is 78.9 Å². The molecule has 4 atom stereocenters. The zero-order valence-electron chi connectivity index (χ0n) is 41.2. The van der Waals surface area contributed by atoms with Crippen LogP contribution in [0.4, 0.5) is 5.69 Å². The number of aryl methyl sites for hydroxylation is 1. The second-order valence-corrected chi connectivity index (χ2v) is 20.6. The van der Waals surface area contributed by atoms with E-state index in [0.717, 1.165) is 70.1 Å². The number of amides is 3. The van der Waals surface area contributed by atoms with E-state index in [0.29, 0.717) is 37.2 Å². The standard InChI is InChI=1S/C58H65N5O7/c1-57(2,3)69-50(64)36-45(39-15-9-7-10-16-39)55(67)62-33-13-19-44(62)27-21-38-22-28-48-47(35-38)52(41-29-31-59-32-30-41)53(61-48)42-23-25-43(26-24-42)60-54(66)49-20-14-34-63(49)56(68)46(40-17-11-8-12-18-40)37-51(65)70-58(4,5)6/h7-12,15-18,22-26,28-32,35,44-46,49,61H,13-14,19-21,27,33-34,36-37H2,1-6H3,(H,60,66)/t44-,45+,46+,49-/m0/s1. The second-order valence-electron chi connectivity index (χ2n) is 20.6. The SMILES string of the molecule is CC(C)(C)OC(=O)C[C@@H](C(=O)N1CCC[C@H]1CCc1ccc2[nH]c(-c3ccc(NC(=O)[C@@H]4CCCN4C(=O)[C@H](CC(=O)OC(C)(C)C)c4ccccc4)cc3)c(-c3ccncc3)c2c1)c1ccccc1. The Morgan fingerprint density at radius 1 is 0.671 bits per heavy atom. The van der Waals surface area contributed by atoms with Crippen molar-refractivity contribution in [2.75, 3.05) is 18.4 Å². The maximum absolute atomic E-state index is 14.3. The van der Waals surface area contributed by atoms with Crippen molar-refractivity contribution < 1.29 is 33.4 Å². The number of hydrogen-bond acceptors (Lipinski definition) is 8. The van der Waals surface area contributed by atoms with Crippen LogP contribution in [0.25, 0.3) is 33.3 Å². The Morgan fingerprint density at radius 3 is 1.81 bits per heavy atom. The molecule has 0 bridgehead atoms. The van der Waals surface area contributed by atoms with Crippen LogP contribution < -0.4 is 5.32 Å². The Bertz CT molecular complexity index is 2800. The largest absolute Gasteiger partial charge is 0.460 e. The molecule has 0 unspecified atom stereocenters. The molecule has 0 radical (unpaired) electrons. The first kappa shape index (κ1) is 49.3. The summed E-state index contributed by atoms with van der Waals surface area (Å²) >= 11 is 0. The fourth-order valence-electron chi connectivity index (χ4n) is 10.0. The third-order valence-corrected chi connectivity index (χ3v) is 13.1. The average Bonchev–Trinajstić information content (AvgIpc) is 4.11. The Labute approximate surface area is 411 Å². The number of pyridine rings is 1. The molecule has 12 nitrogen and oxygen atoms in total. The normalized spacial score (nSPS) is 17.0. The smallest absolute Gasteiger partial charge is 0.307 e. The first-order valence-electron chi connectivity index (χ1n) is 24.6. The lowest BCUT2D eigenvalue weighted by atomic mass is 9.93. The third-order valence-electron chi connectivity index (χ3n) is 13.1. The average molecular weight is 944 g/mol. The van der Waals surface area contributed by atoms with E-state index in [2.05, 4.69) is 33.5 Å². The van der Waals surface area contributed by atoms with E-state index in [-0.39, 0.29) is 42.6 Å². The van der Waals surface area contributed by atoms with Gasteiger partial charge in [0.25, 0.3) is 0 Å². The monoisotopic (exact) mass is 943 g/mol. The second kappa shape index (κ2) is 21.3. The van der Waals surface area contributed by atoms with E-state index in [1.807, 2.05) is 123 Å². The molecular formula is C58H65N5O7.